The number of halogens is 6. The van der Waals surface area contributed by atoms with Crippen LogP contribution in [-0.4, -0.2) is 4.98 Å². The van der Waals surface area contributed by atoms with E-state index in [9.17, 15) is 0 Å². The van der Waals surface area contributed by atoms with E-state index in [1.54, 1.807) is 36.7 Å². The molecule has 0 radical (unpaired) electrons. The lowest BCUT2D eigenvalue weighted by molar-refractivity contribution is 1.33. The van der Waals surface area contributed by atoms with Crippen molar-refractivity contribution in [3.05, 3.63) is 66.8 Å². The fraction of sp³-hybridized carbons (Fsp3) is 0. The maximum absolute atomic E-state index is 6.36. The van der Waals surface area contributed by atoms with Crippen molar-refractivity contribution >= 4 is 75.3 Å². The number of nitrogens with zero attached hydrogens (tertiary/aromatic N) is 1. The summed E-state index contributed by atoms with van der Waals surface area (Å²) in [6, 6.07) is 6.48. The predicted molar refractivity (Wildman–Crippen MR) is 110 cm³/mol. The molecule has 8 heteroatoms. The number of pyridine rings is 1. The van der Waals surface area contributed by atoms with E-state index in [0.29, 0.717) is 48.0 Å². The first-order valence-electron chi connectivity index (χ1n) is 6.84. The van der Waals surface area contributed by atoms with Crippen molar-refractivity contribution in [2.24, 2.45) is 0 Å². The van der Waals surface area contributed by atoms with Gasteiger partial charge < -0.3 is 5.73 Å². The first kappa shape index (κ1) is 18.9. The molecule has 1 aromatic heterocycles. The summed E-state index contributed by atoms with van der Waals surface area (Å²) in [4.78, 5) is 4.22. The normalized spacial score (nSPS) is 11.0. The van der Waals surface area contributed by atoms with E-state index in [1.165, 1.54) is 0 Å². The molecule has 0 aliphatic heterocycles. The molecule has 3 aromatic rings. The summed E-state index contributed by atoms with van der Waals surface area (Å²) in [5.74, 6) is 0. The summed E-state index contributed by atoms with van der Waals surface area (Å²) in [6.07, 6.45) is 3.10. The Labute approximate surface area is 174 Å². The van der Waals surface area contributed by atoms with Crippen LogP contribution < -0.4 is 5.73 Å². The topological polar surface area (TPSA) is 38.9 Å². The van der Waals surface area contributed by atoms with Gasteiger partial charge >= 0.3 is 0 Å². The van der Waals surface area contributed by atoms with Crippen molar-refractivity contribution in [1.29, 1.82) is 0 Å². The van der Waals surface area contributed by atoms with E-state index in [4.69, 9.17) is 75.3 Å². The number of benzene rings is 2. The first-order chi connectivity index (χ1) is 11.8. The van der Waals surface area contributed by atoms with Crippen molar-refractivity contribution in [1.82, 2.24) is 4.98 Å². The van der Waals surface area contributed by atoms with Crippen molar-refractivity contribution in [2.75, 3.05) is 5.73 Å². The number of anilines is 1. The molecule has 0 unspecified atom stereocenters. The van der Waals surface area contributed by atoms with Crippen LogP contribution in [0.1, 0.15) is 0 Å². The van der Waals surface area contributed by atoms with Crippen LogP contribution in [0.3, 0.4) is 0 Å². The molecule has 0 spiro atoms. The molecule has 0 fully saturated rings. The van der Waals surface area contributed by atoms with Crippen LogP contribution in [0, 0.1) is 0 Å². The summed E-state index contributed by atoms with van der Waals surface area (Å²) >= 11 is 37.4. The maximum Gasteiger partial charge on any atom is 0.0686 e. The highest BCUT2D eigenvalue weighted by Gasteiger charge is 2.20. The Hall–Kier alpha value is -0.870. The quantitative estimate of drug-likeness (QED) is 0.401. The van der Waals surface area contributed by atoms with Gasteiger partial charge in [0.25, 0.3) is 0 Å². The third kappa shape index (κ3) is 3.40. The minimum Gasteiger partial charge on any atom is -0.398 e. The summed E-state index contributed by atoms with van der Waals surface area (Å²) < 4.78 is 0. The molecule has 3 rings (SSSR count). The van der Waals surface area contributed by atoms with Crippen molar-refractivity contribution < 1.29 is 0 Å². The molecule has 2 N–H and O–H groups in total. The Morgan fingerprint density at radius 3 is 1.36 bits per heavy atom. The Kier molecular flexibility index (Phi) is 5.60. The van der Waals surface area contributed by atoms with Gasteiger partial charge in [-0.1, -0.05) is 69.6 Å². The van der Waals surface area contributed by atoms with Gasteiger partial charge in [-0.25, -0.2) is 0 Å². The highest BCUT2D eigenvalue weighted by atomic mass is 35.5. The van der Waals surface area contributed by atoms with Crippen LogP contribution in [0.4, 0.5) is 5.69 Å². The summed E-state index contributed by atoms with van der Waals surface area (Å²) in [7, 11) is 0. The van der Waals surface area contributed by atoms with E-state index in [0.717, 1.165) is 0 Å². The molecule has 25 heavy (non-hydrogen) atoms. The van der Waals surface area contributed by atoms with E-state index < -0.39 is 0 Å². The number of hydrogen-bond acceptors (Lipinski definition) is 2. The lowest BCUT2D eigenvalue weighted by Gasteiger charge is -2.16. The molecule has 1 heterocycles. The molecule has 2 nitrogen and oxygen atoms in total. The number of nitrogen functional groups attached to an aromatic ring is 1. The number of nitrogens with two attached hydrogens (primary N) is 1. The van der Waals surface area contributed by atoms with Crippen LogP contribution in [0.5, 0.6) is 0 Å². The van der Waals surface area contributed by atoms with E-state index >= 15 is 0 Å². The molecule has 0 saturated carbocycles. The van der Waals surface area contributed by atoms with Crippen LogP contribution in [-0.2, 0) is 0 Å². The standard InChI is InChI=1S/C17H8Cl6N2/c18-9-1-3-11(20)15(22)13(9)7-5-25-6-8(17(7)24)14-10(19)2-4-12(21)16(14)23/h1-6H,(H2,24,25). The third-order valence-corrected chi connectivity index (χ3v) is 5.85. The van der Waals surface area contributed by atoms with Gasteiger partial charge in [-0.15, -0.1) is 0 Å². The van der Waals surface area contributed by atoms with Crippen LogP contribution in [0.15, 0.2) is 36.7 Å². The second kappa shape index (κ2) is 7.40. The Morgan fingerprint density at radius 2 is 0.960 bits per heavy atom. The highest BCUT2D eigenvalue weighted by molar-refractivity contribution is 6.47. The average molecular weight is 453 g/mol. The van der Waals surface area contributed by atoms with Gasteiger partial charge in [0.05, 0.1) is 35.8 Å². The lowest BCUT2D eigenvalue weighted by Crippen LogP contribution is -1.98. The van der Waals surface area contributed by atoms with Gasteiger partial charge in [-0.05, 0) is 24.3 Å². The molecule has 0 amide bonds. The predicted octanol–water partition coefficient (Wildman–Crippen LogP) is 7.92. The molecular weight excluding hydrogens is 445 g/mol. The number of aromatic nitrogens is 1. The number of hydrogen-bond donors (Lipinski definition) is 1. The summed E-state index contributed by atoms with van der Waals surface area (Å²) in [6.45, 7) is 0. The van der Waals surface area contributed by atoms with Gasteiger partial charge in [-0.3, -0.25) is 4.98 Å². The minimum atomic E-state index is 0.281. The highest BCUT2D eigenvalue weighted by Crippen LogP contribution is 2.46. The molecule has 0 saturated heterocycles. The fourth-order valence-electron chi connectivity index (χ4n) is 2.42. The molecule has 0 bridgehead atoms. The Balaban J connectivity index is 2.32. The lowest BCUT2D eigenvalue weighted by atomic mass is 9.99. The zero-order chi connectivity index (χ0) is 18.3. The van der Waals surface area contributed by atoms with E-state index in [1.807, 2.05) is 0 Å². The van der Waals surface area contributed by atoms with Crippen molar-refractivity contribution in [2.45, 2.75) is 0 Å². The van der Waals surface area contributed by atoms with Crippen LogP contribution in [0.25, 0.3) is 22.3 Å². The molecule has 2 aromatic carbocycles. The monoisotopic (exact) mass is 450 g/mol. The largest absolute Gasteiger partial charge is 0.398 e. The first-order valence-corrected chi connectivity index (χ1v) is 9.11. The number of rotatable bonds is 2. The molecule has 0 aliphatic rings. The molecule has 128 valence electrons. The summed E-state index contributed by atoms with van der Waals surface area (Å²) in [5.41, 5.74) is 8.71. The smallest absolute Gasteiger partial charge is 0.0686 e. The Morgan fingerprint density at radius 1 is 0.600 bits per heavy atom. The van der Waals surface area contributed by atoms with E-state index in [2.05, 4.69) is 4.98 Å². The van der Waals surface area contributed by atoms with Gasteiger partial charge in [0, 0.05) is 34.6 Å². The second-order valence-corrected chi connectivity index (χ2v) is 7.47. The SMILES string of the molecule is Nc1c(-c2c(Cl)ccc(Cl)c2Cl)cncc1-c1c(Cl)ccc(Cl)c1Cl. The minimum absolute atomic E-state index is 0.281. The summed E-state index contributed by atoms with van der Waals surface area (Å²) in [5, 5.41) is 2.05. The zero-order valence-electron chi connectivity index (χ0n) is 12.3. The van der Waals surface area contributed by atoms with Gasteiger partial charge in [0.2, 0.25) is 0 Å². The third-order valence-electron chi connectivity index (χ3n) is 3.61. The van der Waals surface area contributed by atoms with Gasteiger partial charge in [-0.2, -0.15) is 0 Å². The fourth-order valence-corrected chi connectivity index (χ4v) is 3.88. The Bertz CT molecular complexity index is 912. The van der Waals surface area contributed by atoms with Crippen molar-refractivity contribution in [3.63, 3.8) is 0 Å². The maximum atomic E-state index is 6.36. The van der Waals surface area contributed by atoms with Crippen LogP contribution in [0.2, 0.25) is 30.1 Å². The average Bonchev–Trinajstić information content (AvgIpc) is 2.58. The molecule has 0 atom stereocenters. The zero-order valence-corrected chi connectivity index (χ0v) is 16.8. The molecule has 0 aliphatic carbocycles. The molecular formula is C17H8Cl6N2. The van der Waals surface area contributed by atoms with Crippen molar-refractivity contribution in [3.8, 4) is 22.3 Å². The van der Waals surface area contributed by atoms with Gasteiger partial charge in [0.15, 0.2) is 0 Å². The van der Waals surface area contributed by atoms with E-state index in [-0.39, 0.29) is 10.0 Å². The van der Waals surface area contributed by atoms with Gasteiger partial charge in [0.1, 0.15) is 0 Å². The second-order valence-electron chi connectivity index (χ2n) is 5.08. The van der Waals surface area contributed by atoms with Crippen LogP contribution >= 0.6 is 69.6 Å².